The summed E-state index contributed by atoms with van der Waals surface area (Å²) in [6.07, 6.45) is 19.3. The van der Waals surface area contributed by atoms with Gasteiger partial charge in [0, 0.05) is 0 Å². The zero-order chi connectivity index (χ0) is 13.2. The largest absolute Gasteiger partial charge is 0.0880 e. The summed E-state index contributed by atoms with van der Waals surface area (Å²) >= 11 is 0. The van der Waals surface area contributed by atoms with E-state index in [1.54, 1.807) is 0 Å². The second-order valence-corrected chi connectivity index (χ2v) is 7.40. The van der Waals surface area contributed by atoms with Crippen molar-refractivity contribution in [2.75, 3.05) is 0 Å². The van der Waals surface area contributed by atoms with Crippen molar-refractivity contribution in [3.05, 3.63) is 36.5 Å². The molecule has 0 aromatic carbocycles. The predicted octanol–water partition coefficient (Wildman–Crippen LogP) is 5.53. The maximum absolute atomic E-state index is 2.51. The maximum Gasteiger partial charge on any atom is -0.0144 e. The second kappa shape index (κ2) is 5.07. The van der Waals surface area contributed by atoms with E-state index >= 15 is 0 Å². The molecular formula is C18H28. The highest BCUT2D eigenvalue weighted by Gasteiger charge is 2.30. The van der Waals surface area contributed by atoms with Gasteiger partial charge in [-0.25, -0.2) is 0 Å². The SMILES string of the molecule is CC1(C)CC=CCC1/C=C/C1CC=CCC1(C)C. The molecule has 0 radical (unpaired) electrons. The summed E-state index contributed by atoms with van der Waals surface area (Å²) in [5, 5.41) is 0. The molecule has 0 heterocycles. The van der Waals surface area contributed by atoms with E-state index in [9.17, 15) is 0 Å². The van der Waals surface area contributed by atoms with Crippen molar-refractivity contribution in [1.82, 2.24) is 0 Å². The molecule has 0 bridgehead atoms. The molecular weight excluding hydrogens is 216 g/mol. The van der Waals surface area contributed by atoms with Crippen molar-refractivity contribution in [1.29, 1.82) is 0 Å². The lowest BCUT2D eigenvalue weighted by Crippen LogP contribution is -2.26. The normalized spacial score (nSPS) is 34.0. The highest BCUT2D eigenvalue weighted by atomic mass is 14.4. The molecule has 0 nitrogen and oxygen atoms in total. The Morgan fingerprint density at radius 3 is 1.44 bits per heavy atom. The molecule has 2 unspecified atom stereocenters. The van der Waals surface area contributed by atoms with Crippen LogP contribution in [0.1, 0.15) is 53.4 Å². The molecule has 0 spiro atoms. The third kappa shape index (κ3) is 2.96. The average molecular weight is 244 g/mol. The Hall–Kier alpha value is -0.780. The summed E-state index contributed by atoms with van der Waals surface area (Å²) in [6, 6.07) is 0. The Morgan fingerprint density at radius 1 is 0.722 bits per heavy atom. The lowest BCUT2D eigenvalue weighted by molar-refractivity contribution is 0.237. The van der Waals surface area contributed by atoms with Gasteiger partial charge >= 0.3 is 0 Å². The van der Waals surface area contributed by atoms with Gasteiger partial charge in [-0.3, -0.25) is 0 Å². The molecule has 2 aliphatic carbocycles. The molecule has 0 aliphatic heterocycles. The minimum atomic E-state index is 0.430. The standard InChI is InChI=1S/C18H28/c1-17(2)13-7-5-9-15(17)11-12-16-10-6-8-14-18(16,3)4/h5-8,11-12,15-16H,9-10,13-14H2,1-4H3/b12-11+. The molecule has 0 heteroatoms. The van der Waals surface area contributed by atoms with Crippen LogP contribution in [0.3, 0.4) is 0 Å². The first kappa shape index (κ1) is 13.6. The Balaban J connectivity index is 2.06. The first-order chi connectivity index (χ1) is 8.42. The van der Waals surface area contributed by atoms with Gasteiger partial charge in [0.05, 0.1) is 0 Å². The molecule has 0 saturated carbocycles. The van der Waals surface area contributed by atoms with E-state index in [1.807, 2.05) is 0 Å². The van der Waals surface area contributed by atoms with Crippen molar-refractivity contribution in [3.8, 4) is 0 Å². The van der Waals surface area contributed by atoms with Crippen LogP contribution >= 0.6 is 0 Å². The molecule has 2 atom stereocenters. The molecule has 2 rings (SSSR count). The fraction of sp³-hybridized carbons (Fsp3) is 0.667. The quantitative estimate of drug-likeness (QED) is 0.560. The summed E-state index contributed by atoms with van der Waals surface area (Å²) in [7, 11) is 0. The average Bonchev–Trinajstić information content (AvgIpc) is 2.28. The molecule has 0 aromatic heterocycles. The van der Waals surface area contributed by atoms with Crippen LogP contribution in [0.5, 0.6) is 0 Å². The lowest BCUT2D eigenvalue weighted by atomic mass is 9.68. The summed E-state index contributed by atoms with van der Waals surface area (Å²) in [4.78, 5) is 0. The van der Waals surface area contributed by atoms with E-state index in [1.165, 1.54) is 25.7 Å². The van der Waals surface area contributed by atoms with Crippen molar-refractivity contribution in [2.45, 2.75) is 53.4 Å². The molecule has 0 saturated heterocycles. The van der Waals surface area contributed by atoms with Gasteiger partial charge in [-0.2, -0.15) is 0 Å². The predicted molar refractivity (Wildman–Crippen MR) is 80.4 cm³/mol. The Morgan fingerprint density at radius 2 is 1.11 bits per heavy atom. The van der Waals surface area contributed by atoms with Crippen LogP contribution in [0.25, 0.3) is 0 Å². The molecule has 100 valence electrons. The Bertz CT molecular complexity index is 329. The minimum absolute atomic E-state index is 0.430. The van der Waals surface area contributed by atoms with Gasteiger partial charge in [0.2, 0.25) is 0 Å². The molecule has 0 aromatic rings. The number of rotatable bonds is 2. The van der Waals surface area contributed by atoms with E-state index in [2.05, 4.69) is 64.2 Å². The topological polar surface area (TPSA) is 0 Å². The third-order valence-electron chi connectivity index (χ3n) is 4.98. The number of hydrogen-bond donors (Lipinski definition) is 0. The van der Waals surface area contributed by atoms with Crippen molar-refractivity contribution < 1.29 is 0 Å². The van der Waals surface area contributed by atoms with E-state index in [4.69, 9.17) is 0 Å². The van der Waals surface area contributed by atoms with Crippen LogP contribution in [0.4, 0.5) is 0 Å². The van der Waals surface area contributed by atoms with E-state index < -0.39 is 0 Å². The smallest absolute Gasteiger partial charge is 0.0144 e. The van der Waals surface area contributed by atoms with Crippen molar-refractivity contribution in [3.63, 3.8) is 0 Å². The van der Waals surface area contributed by atoms with Crippen molar-refractivity contribution >= 4 is 0 Å². The Labute approximate surface area is 113 Å². The van der Waals surface area contributed by atoms with Gasteiger partial charge in [-0.05, 0) is 48.3 Å². The summed E-state index contributed by atoms with van der Waals surface area (Å²) < 4.78 is 0. The number of hydrogen-bond acceptors (Lipinski definition) is 0. The first-order valence-electron chi connectivity index (χ1n) is 7.40. The minimum Gasteiger partial charge on any atom is -0.0880 e. The fourth-order valence-electron chi connectivity index (χ4n) is 3.15. The zero-order valence-electron chi connectivity index (χ0n) is 12.4. The van der Waals surface area contributed by atoms with Gasteiger partial charge in [-0.1, -0.05) is 64.2 Å². The maximum atomic E-state index is 2.51. The molecule has 0 N–H and O–H groups in total. The molecule has 0 amide bonds. The summed E-state index contributed by atoms with van der Waals surface area (Å²) in [5.41, 5.74) is 0.861. The van der Waals surface area contributed by atoms with Gasteiger partial charge < -0.3 is 0 Å². The first-order valence-corrected chi connectivity index (χ1v) is 7.40. The third-order valence-corrected chi connectivity index (χ3v) is 4.98. The van der Waals surface area contributed by atoms with Gasteiger partial charge in [-0.15, -0.1) is 0 Å². The number of allylic oxidation sites excluding steroid dienone is 6. The molecule has 2 aliphatic rings. The fourth-order valence-corrected chi connectivity index (χ4v) is 3.15. The molecule has 18 heavy (non-hydrogen) atoms. The zero-order valence-corrected chi connectivity index (χ0v) is 12.4. The van der Waals surface area contributed by atoms with Gasteiger partial charge in [0.25, 0.3) is 0 Å². The van der Waals surface area contributed by atoms with E-state index in [0.29, 0.717) is 22.7 Å². The van der Waals surface area contributed by atoms with Crippen LogP contribution < -0.4 is 0 Å². The van der Waals surface area contributed by atoms with Crippen LogP contribution in [0, 0.1) is 22.7 Å². The monoisotopic (exact) mass is 244 g/mol. The van der Waals surface area contributed by atoms with Crippen LogP contribution in [-0.2, 0) is 0 Å². The highest BCUT2D eigenvalue weighted by molar-refractivity contribution is 5.11. The van der Waals surface area contributed by atoms with Crippen LogP contribution in [-0.4, -0.2) is 0 Å². The summed E-state index contributed by atoms with van der Waals surface area (Å²) in [5.74, 6) is 1.42. The van der Waals surface area contributed by atoms with E-state index in [0.717, 1.165) is 0 Å². The highest BCUT2D eigenvalue weighted by Crippen LogP contribution is 2.41. The van der Waals surface area contributed by atoms with Crippen molar-refractivity contribution in [2.24, 2.45) is 22.7 Å². The van der Waals surface area contributed by atoms with Gasteiger partial charge in [0.1, 0.15) is 0 Å². The lowest BCUT2D eigenvalue weighted by Gasteiger charge is -2.36. The van der Waals surface area contributed by atoms with Crippen LogP contribution in [0.2, 0.25) is 0 Å². The second-order valence-electron chi connectivity index (χ2n) is 7.40. The van der Waals surface area contributed by atoms with Gasteiger partial charge in [0.15, 0.2) is 0 Å². The Kier molecular flexibility index (Phi) is 3.84. The summed E-state index contributed by atoms with van der Waals surface area (Å²) in [6.45, 7) is 9.60. The van der Waals surface area contributed by atoms with Crippen LogP contribution in [0.15, 0.2) is 36.5 Å². The van der Waals surface area contributed by atoms with E-state index in [-0.39, 0.29) is 0 Å². The molecule has 0 fully saturated rings.